The van der Waals surface area contributed by atoms with Gasteiger partial charge in [-0.3, -0.25) is 14.2 Å². The number of hydrogen-bond donors (Lipinski definition) is 2. The number of carbonyl (C=O) groups excluding carboxylic acids is 2. The lowest BCUT2D eigenvalue weighted by atomic mass is 10.2. The lowest BCUT2D eigenvalue weighted by molar-refractivity contribution is -0.207. The summed E-state index contributed by atoms with van der Waals surface area (Å²) in [6.45, 7) is -4.20. The van der Waals surface area contributed by atoms with Gasteiger partial charge >= 0.3 is 18.0 Å². The number of halogens is 7. The standard InChI is InChI=1S/C27H24ClF6N9O6S/c28-16-5-3-15(4-6-16)20-39-42(25(47)41(20)12-18(44)27(32,33)34)13-19-37-22(24(46)40-8-10-50(48,49)11-9-40)43(38-19)21-17(2-1-7-35-21)23(45)36-14-26(29,30)31/h1-7,18,44H,8-14H2,(H,36,45). The summed E-state index contributed by atoms with van der Waals surface area (Å²) in [5.74, 6) is -4.70. The number of aliphatic hydroxyl groups excluding tert-OH is 1. The van der Waals surface area contributed by atoms with Crippen LogP contribution in [0.2, 0.25) is 5.02 Å². The van der Waals surface area contributed by atoms with Crippen LogP contribution in [0.3, 0.4) is 0 Å². The van der Waals surface area contributed by atoms with E-state index in [1.54, 1.807) is 5.32 Å². The highest BCUT2D eigenvalue weighted by Gasteiger charge is 2.39. The Hall–Kier alpha value is -4.83. The molecule has 0 radical (unpaired) electrons. The first-order valence-electron chi connectivity index (χ1n) is 14.3. The van der Waals surface area contributed by atoms with Gasteiger partial charge in [0.05, 0.1) is 23.6 Å². The topological polar surface area (TPSA) is 187 Å². The van der Waals surface area contributed by atoms with Crippen LogP contribution < -0.4 is 11.0 Å². The quantitative estimate of drug-likeness (QED) is 0.237. The molecule has 0 bridgehead atoms. The molecule has 1 unspecified atom stereocenters. The molecular weight excluding hydrogens is 728 g/mol. The van der Waals surface area contributed by atoms with Crippen molar-refractivity contribution < 1.29 is 49.5 Å². The molecule has 15 nitrogen and oxygen atoms in total. The number of nitrogens with zero attached hydrogens (tertiary/aromatic N) is 8. The zero-order chi connectivity index (χ0) is 36.6. The fraction of sp³-hybridized carbons (Fsp3) is 0.370. The summed E-state index contributed by atoms with van der Waals surface area (Å²) >= 11 is 5.92. The third kappa shape index (κ3) is 8.30. The molecule has 23 heteroatoms. The highest BCUT2D eigenvalue weighted by molar-refractivity contribution is 7.91. The van der Waals surface area contributed by atoms with E-state index < -0.39 is 100.0 Å². The Morgan fingerprint density at radius 2 is 1.68 bits per heavy atom. The average molecular weight is 752 g/mol. The first-order valence-corrected chi connectivity index (χ1v) is 16.5. The van der Waals surface area contributed by atoms with Gasteiger partial charge < -0.3 is 15.3 Å². The lowest BCUT2D eigenvalue weighted by Gasteiger charge is -2.26. The van der Waals surface area contributed by atoms with Gasteiger partial charge in [0.25, 0.3) is 11.8 Å². The number of alkyl halides is 6. The maximum absolute atomic E-state index is 13.7. The van der Waals surface area contributed by atoms with Crippen molar-refractivity contribution in [2.24, 2.45) is 0 Å². The Bertz CT molecular complexity index is 2070. The van der Waals surface area contributed by atoms with Crippen molar-refractivity contribution in [3.63, 3.8) is 0 Å². The molecule has 2 amide bonds. The highest BCUT2D eigenvalue weighted by Crippen LogP contribution is 2.24. The maximum atomic E-state index is 13.7. The van der Waals surface area contributed by atoms with Gasteiger partial charge in [0.1, 0.15) is 13.1 Å². The summed E-state index contributed by atoms with van der Waals surface area (Å²) in [5.41, 5.74) is -1.50. The Labute approximate surface area is 282 Å². The average Bonchev–Trinajstić information content (AvgIpc) is 3.60. The number of amides is 2. The van der Waals surface area contributed by atoms with Crippen LogP contribution in [0.4, 0.5) is 26.3 Å². The summed E-state index contributed by atoms with van der Waals surface area (Å²) in [6, 6.07) is 7.80. The van der Waals surface area contributed by atoms with E-state index in [9.17, 15) is 54.3 Å². The number of benzene rings is 1. The van der Waals surface area contributed by atoms with Crippen molar-refractivity contribution in [2.75, 3.05) is 31.1 Å². The zero-order valence-electron chi connectivity index (χ0n) is 25.2. The highest BCUT2D eigenvalue weighted by atomic mass is 35.5. The molecule has 1 aromatic carbocycles. The molecule has 50 heavy (non-hydrogen) atoms. The molecule has 0 saturated carbocycles. The number of pyridine rings is 1. The van der Waals surface area contributed by atoms with Crippen LogP contribution in [0.25, 0.3) is 17.2 Å². The second-order valence-corrected chi connectivity index (χ2v) is 13.6. The second kappa shape index (κ2) is 13.8. The van der Waals surface area contributed by atoms with E-state index >= 15 is 0 Å². The monoisotopic (exact) mass is 751 g/mol. The van der Waals surface area contributed by atoms with Gasteiger partial charge in [0, 0.05) is 29.9 Å². The van der Waals surface area contributed by atoms with Gasteiger partial charge in [-0.25, -0.2) is 27.9 Å². The smallest absolute Gasteiger partial charge is 0.382 e. The van der Waals surface area contributed by atoms with E-state index in [1.807, 2.05) is 0 Å². The van der Waals surface area contributed by atoms with Crippen molar-refractivity contribution in [3.8, 4) is 17.2 Å². The van der Waals surface area contributed by atoms with E-state index in [0.717, 1.165) is 21.8 Å². The lowest BCUT2D eigenvalue weighted by Crippen LogP contribution is -2.44. The van der Waals surface area contributed by atoms with E-state index in [-0.39, 0.29) is 29.5 Å². The largest absolute Gasteiger partial charge is 0.416 e. The predicted octanol–water partition coefficient (Wildman–Crippen LogP) is 1.48. The molecule has 0 aliphatic carbocycles. The minimum atomic E-state index is -5.10. The molecule has 4 aromatic rings. The summed E-state index contributed by atoms with van der Waals surface area (Å²) < 4.78 is 104. The summed E-state index contributed by atoms with van der Waals surface area (Å²) in [7, 11) is -3.45. The van der Waals surface area contributed by atoms with Crippen LogP contribution in [0.15, 0.2) is 47.4 Å². The van der Waals surface area contributed by atoms with E-state index in [0.29, 0.717) is 9.25 Å². The molecule has 2 N–H and O–H groups in total. The SMILES string of the molecule is O=C(NCC(F)(F)F)c1cccnc1-n1nc(Cn2nc(-c3ccc(Cl)cc3)n(CC(O)C(F)(F)F)c2=O)nc1C(=O)N1CCS(=O)(=O)CC1. The minimum absolute atomic E-state index is 0.136. The predicted molar refractivity (Wildman–Crippen MR) is 160 cm³/mol. The van der Waals surface area contributed by atoms with Crippen LogP contribution in [-0.4, -0.2) is 114 Å². The molecule has 1 aliphatic heterocycles. The first-order chi connectivity index (χ1) is 23.3. The fourth-order valence-electron chi connectivity index (χ4n) is 4.71. The van der Waals surface area contributed by atoms with Crippen LogP contribution >= 0.6 is 11.6 Å². The normalized spacial score (nSPS) is 15.6. The minimum Gasteiger partial charge on any atom is -0.382 e. The molecule has 1 aliphatic rings. The van der Waals surface area contributed by atoms with Crippen molar-refractivity contribution in [1.29, 1.82) is 0 Å². The first kappa shape index (κ1) is 36.5. The molecule has 5 rings (SSSR count). The molecule has 4 heterocycles. The van der Waals surface area contributed by atoms with Crippen LogP contribution in [0, 0.1) is 0 Å². The Kier molecular flexibility index (Phi) is 10.1. The zero-order valence-corrected chi connectivity index (χ0v) is 26.8. The van der Waals surface area contributed by atoms with Crippen molar-refractivity contribution >= 4 is 33.3 Å². The van der Waals surface area contributed by atoms with Gasteiger partial charge in [-0.2, -0.15) is 31.0 Å². The summed E-state index contributed by atoms with van der Waals surface area (Å²) in [4.78, 5) is 49.1. The molecule has 3 aromatic heterocycles. The van der Waals surface area contributed by atoms with Crippen LogP contribution in [0.5, 0.6) is 0 Å². The summed E-state index contributed by atoms with van der Waals surface area (Å²) in [5, 5.41) is 20.0. The van der Waals surface area contributed by atoms with Gasteiger partial charge in [0.2, 0.25) is 5.82 Å². The Balaban J connectivity index is 1.59. The number of carbonyl (C=O) groups is 2. The summed E-state index contributed by atoms with van der Waals surface area (Å²) in [6.07, 6.45) is -11.7. The molecule has 0 spiro atoms. The second-order valence-electron chi connectivity index (χ2n) is 10.8. The van der Waals surface area contributed by atoms with Gasteiger partial charge in [0.15, 0.2) is 33.4 Å². The van der Waals surface area contributed by atoms with Crippen molar-refractivity contribution in [1.82, 2.24) is 44.3 Å². The number of sulfone groups is 1. The van der Waals surface area contributed by atoms with Crippen LogP contribution in [0.1, 0.15) is 26.8 Å². The Morgan fingerprint density at radius 1 is 1.02 bits per heavy atom. The van der Waals surface area contributed by atoms with E-state index in [1.165, 1.54) is 30.3 Å². The van der Waals surface area contributed by atoms with Gasteiger partial charge in [-0.1, -0.05) is 11.6 Å². The van der Waals surface area contributed by atoms with E-state index in [4.69, 9.17) is 11.6 Å². The Morgan fingerprint density at radius 3 is 2.30 bits per heavy atom. The van der Waals surface area contributed by atoms with E-state index in [2.05, 4.69) is 20.2 Å². The maximum Gasteiger partial charge on any atom is 0.416 e. The third-order valence-electron chi connectivity index (χ3n) is 7.21. The third-order valence-corrected chi connectivity index (χ3v) is 9.07. The van der Waals surface area contributed by atoms with Gasteiger partial charge in [-0.05, 0) is 36.4 Å². The number of rotatable bonds is 9. The molecular formula is C27H24ClF6N9O6S. The number of nitrogens with one attached hydrogen (secondary N) is 1. The fourth-order valence-corrected chi connectivity index (χ4v) is 6.04. The number of hydrogen-bond acceptors (Lipinski definition) is 10. The number of aromatic nitrogens is 7. The van der Waals surface area contributed by atoms with Crippen LogP contribution in [-0.2, 0) is 22.9 Å². The molecule has 1 saturated heterocycles. The molecule has 1 fully saturated rings. The van der Waals surface area contributed by atoms with Crippen molar-refractivity contribution in [2.45, 2.75) is 31.5 Å². The molecule has 268 valence electrons. The van der Waals surface area contributed by atoms with Gasteiger partial charge in [-0.15, -0.1) is 10.2 Å². The number of aliphatic hydroxyl groups is 1. The molecule has 1 atom stereocenters. The van der Waals surface area contributed by atoms with Crippen molar-refractivity contribution in [3.05, 3.63) is 75.3 Å².